The maximum absolute atomic E-state index is 12.4. The van der Waals surface area contributed by atoms with Crippen molar-refractivity contribution >= 4 is 19.8 Å². The first kappa shape index (κ1) is 41.7. The highest BCUT2D eigenvalue weighted by Gasteiger charge is 2.27. The van der Waals surface area contributed by atoms with Crippen LogP contribution in [0.4, 0.5) is 0 Å². The van der Waals surface area contributed by atoms with Crippen LogP contribution in [0.1, 0.15) is 97.3 Å². The number of hydrogen-bond donors (Lipinski definition) is 3. The van der Waals surface area contributed by atoms with E-state index in [0.717, 1.165) is 25.7 Å². The highest BCUT2D eigenvalue weighted by atomic mass is 31.2. The molecule has 3 atom stereocenters. The number of ether oxygens (including phenoxy) is 2. The third-order valence-corrected chi connectivity index (χ3v) is 7.02. The van der Waals surface area contributed by atoms with E-state index in [9.17, 15) is 24.2 Å². The van der Waals surface area contributed by atoms with Gasteiger partial charge in [-0.25, -0.2) is 4.57 Å². The third kappa shape index (κ3) is 28.4. The summed E-state index contributed by atoms with van der Waals surface area (Å²) >= 11 is 0. The molecular formula is C33H55O10P. The summed E-state index contributed by atoms with van der Waals surface area (Å²) in [7, 11) is -4.62. The Morgan fingerprint density at radius 3 is 1.86 bits per heavy atom. The van der Waals surface area contributed by atoms with Crippen LogP contribution in [-0.4, -0.2) is 65.7 Å². The van der Waals surface area contributed by atoms with Crippen molar-refractivity contribution in [2.24, 2.45) is 0 Å². The summed E-state index contributed by atoms with van der Waals surface area (Å²) in [5.41, 5.74) is 0. The van der Waals surface area contributed by atoms with E-state index in [1.165, 1.54) is 25.7 Å². The van der Waals surface area contributed by atoms with Gasteiger partial charge in [0.05, 0.1) is 19.8 Å². The molecule has 10 nitrogen and oxygen atoms in total. The fourth-order valence-electron chi connectivity index (χ4n) is 3.61. The van der Waals surface area contributed by atoms with E-state index in [4.69, 9.17) is 19.1 Å². The van der Waals surface area contributed by atoms with Crippen LogP contribution in [-0.2, 0) is 32.7 Å². The van der Waals surface area contributed by atoms with Crippen LogP contribution in [0.5, 0.6) is 0 Å². The molecule has 252 valence electrons. The molecular weight excluding hydrogens is 587 g/mol. The summed E-state index contributed by atoms with van der Waals surface area (Å²) in [6, 6.07) is 0. The lowest BCUT2D eigenvalue weighted by Crippen LogP contribution is -2.29. The Hall–Kier alpha value is -2.33. The SMILES string of the molecule is CC/C=C/C=C/C=C/C=C/C=C/CCCC(=O)OC(COC(=O)CCCCCCCCCC)COP(=O)(O)OC[C@@H](O)CO. The topological polar surface area (TPSA) is 149 Å². The zero-order valence-electron chi connectivity index (χ0n) is 26.6. The second-order valence-corrected chi connectivity index (χ2v) is 11.7. The number of esters is 2. The molecule has 11 heteroatoms. The van der Waals surface area contributed by atoms with E-state index in [1.54, 1.807) is 0 Å². The van der Waals surface area contributed by atoms with E-state index < -0.39 is 51.8 Å². The molecule has 0 fully saturated rings. The van der Waals surface area contributed by atoms with Crippen molar-refractivity contribution in [1.29, 1.82) is 0 Å². The summed E-state index contributed by atoms with van der Waals surface area (Å²) < 4.78 is 32.2. The first-order valence-electron chi connectivity index (χ1n) is 15.8. The van der Waals surface area contributed by atoms with Crippen molar-refractivity contribution < 1.29 is 47.8 Å². The quantitative estimate of drug-likeness (QED) is 0.0359. The van der Waals surface area contributed by atoms with Crippen LogP contribution in [0.3, 0.4) is 0 Å². The van der Waals surface area contributed by atoms with Crippen LogP contribution >= 0.6 is 7.82 Å². The lowest BCUT2D eigenvalue weighted by molar-refractivity contribution is -0.161. The summed E-state index contributed by atoms with van der Waals surface area (Å²) in [4.78, 5) is 34.5. The maximum Gasteiger partial charge on any atom is 0.472 e. The minimum atomic E-state index is -4.62. The summed E-state index contributed by atoms with van der Waals surface area (Å²) in [5.74, 6) is -1.03. The maximum atomic E-state index is 12.4. The number of phosphoric ester groups is 1. The summed E-state index contributed by atoms with van der Waals surface area (Å²) in [5, 5.41) is 18.2. The zero-order valence-corrected chi connectivity index (χ0v) is 27.5. The minimum Gasteiger partial charge on any atom is -0.462 e. The van der Waals surface area contributed by atoms with Gasteiger partial charge in [0, 0.05) is 12.8 Å². The molecule has 0 aromatic carbocycles. The molecule has 0 amide bonds. The van der Waals surface area contributed by atoms with E-state index in [-0.39, 0.29) is 19.4 Å². The molecule has 0 aliphatic carbocycles. The normalized spacial score (nSPS) is 15.1. The van der Waals surface area contributed by atoms with Crippen LogP contribution in [0.2, 0.25) is 0 Å². The van der Waals surface area contributed by atoms with Gasteiger partial charge in [0.15, 0.2) is 6.10 Å². The Morgan fingerprint density at radius 2 is 1.25 bits per heavy atom. The minimum absolute atomic E-state index is 0.0860. The van der Waals surface area contributed by atoms with Crippen LogP contribution in [0.25, 0.3) is 0 Å². The average molecular weight is 643 g/mol. The molecule has 0 heterocycles. The van der Waals surface area contributed by atoms with Crippen molar-refractivity contribution in [3.05, 3.63) is 60.8 Å². The van der Waals surface area contributed by atoms with E-state index in [1.807, 2.05) is 54.7 Å². The number of phosphoric acid groups is 1. The number of rotatable bonds is 28. The molecule has 0 saturated heterocycles. The number of allylic oxidation sites excluding steroid dienone is 10. The molecule has 2 unspecified atom stereocenters. The van der Waals surface area contributed by atoms with Gasteiger partial charge in [0.2, 0.25) is 0 Å². The predicted molar refractivity (Wildman–Crippen MR) is 173 cm³/mol. The van der Waals surface area contributed by atoms with Crippen molar-refractivity contribution in [3.63, 3.8) is 0 Å². The third-order valence-electron chi connectivity index (χ3n) is 6.06. The zero-order chi connectivity index (χ0) is 32.7. The van der Waals surface area contributed by atoms with Crippen molar-refractivity contribution in [3.8, 4) is 0 Å². The number of carbonyl (C=O) groups is 2. The second-order valence-electron chi connectivity index (χ2n) is 10.2. The van der Waals surface area contributed by atoms with Crippen molar-refractivity contribution in [2.45, 2.75) is 110 Å². The number of hydrogen-bond acceptors (Lipinski definition) is 9. The smallest absolute Gasteiger partial charge is 0.462 e. The first-order valence-corrected chi connectivity index (χ1v) is 17.3. The molecule has 44 heavy (non-hydrogen) atoms. The van der Waals surface area contributed by atoms with Crippen molar-refractivity contribution in [2.75, 3.05) is 26.4 Å². The number of aliphatic hydroxyl groups excluding tert-OH is 2. The van der Waals surface area contributed by atoms with Gasteiger partial charge in [-0.15, -0.1) is 0 Å². The molecule has 0 aliphatic rings. The standard InChI is InChI=1S/C33H55O10P/c1-3-5-7-9-11-13-14-15-16-17-19-21-23-25-33(37)43-31(29-42-44(38,39)41-27-30(35)26-34)28-40-32(36)24-22-20-18-12-10-8-6-4-2/h5,7,9,11,13-17,19,30-31,34-35H,3-4,6,8,10,12,18,20-29H2,1-2H3,(H,38,39)/b7-5+,11-9+,14-13+,16-15+,19-17+/t30-,31?/m0/s1. The Balaban J connectivity index is 4.64. The molecule has 0 saturated carbocycles. The fraction of sp³-hybridized carbons (Fsp3) is 0.636. The number of carbonyl (C=O) groups excluding carboxylic acids is 2. The molecule has 0 radical (unpaired) electrons. The molecule has 0 aromatic heterocycles. The monoisotopic (exact) mass is 642 g/mol. The second kappa shape index (κ2) is 29.4. The van der Waals surface area contributed by atoms with Gasteiger partial charge >= 0.3 is 19.8 Å². The Labute approximate surface area is 264 Å². The lowest BCUT2D eigenvalue weighted by Gasteiger charge is -2.20. The largest absolute Gasteiger partial charge is 0.472 e. The van der Waals surface area contributed by atoms with Gasteiger partial charge in [-0.1, -0.05) is 120 Å². The average Bonchev–Trinajstić information content (AvgIpc) is 3.00. The van der Waals surface area contributed by atoms with E-state index in [0.29, 0.717) is 19.3 Å². The predicted octanol–water partition coefficient (Wildman–Crippen LogP) is 6.82. The number of aliphatic hydroxyl groups is 2. The van der Waals surface area contributed by atoms with Gasteiger partial charge in [0.1, 0.15) is 12.7 Å². The molecule has 0 bridgehead atoms. The van der Waals surface area contributed by atoms with Crippen LogP contribution in [0, 0.1) is 0 Å². The van der Waals surface area contributed by atoms with Gasteiger partial charge in [0.25, 0.3) is 0 Å². The van der Waals surface area contributed by atoms with Gasteiger partial charge in [-0.2, -0.15) is 0 Å². The first-order chi connectivity index (χ1) is 21.2. The Morgan fingerprint density at radius 1 is 0.705 bits per heavy atom. The van der Waals surface area contributed by atoms with E-state index in [2.05, 4.69) is 24.4 Å². The molecule has 0 rings (SSSR count). The molecule has 0 aliphatic heterocycles. The van der Waals surface area contributed by atoms with E-state index >= 15 is 0 Å². The fourth-order valence-corrected chi connectivity index (χ4v) is 4.40. The summed E-state index contributed by atoms with van der Waals surface area (Å²) in [6.45, 7) is 2.05. The highest BCUT2D eigenvalue weighted by molar-refractivity contribution is 7.47. The van der Waals surface area contributed by atoms with Gasteiger partial charge in [-0.3, -0.25) is 18.6 Å². The van der Waals surface area contributed by atoms with Gasteiger partial charge in [-0.05, 0) is 25.7 Å². The van der Waals surface area contributed by atoms with Crippen molar-refractivity contribution in [1.82, 2.24) is 0 Å². The van der Waals surface area contributed by atoms with Crippen LogP contribution in [0.15, 0.2) is 60.8 Å². The summed E-state index contributed by atoms with van der Waals surface area (Å²) in [6.07, 6.45) is 28.0. The Kier molecular flexibility index (Phi) is 27.8. The molecule has 3 N–H and O–H groups in total. The highest BCUT2D eigenvalue weighted by Crippen LogP contribution is 2.43. The van der Waals surface area contributed by atoms with Crippen LogP contribution < -0.4 is 0 Å². The number of unbranched alkanes of at least 4 members (excludes halogenated alkanes) is 8. The van der Waals surface area contributed by atoms with Gasteiger partial charge < -0.3 is 24.6 Å². The molecule has 0 aromatic rings. The Bertz CT molecular complexity index is 926. The molecule has 0 spiro atoms. The lowest BCUT2D eigenvalue weighted by atomic mass is 10.1.